The Kier molecular flexibility index (Phi) is 6.95. The molecule has 2 heterocycles. The Morgan fingerprint density at radius 1 is 1.12 bits per heavy atom. The maximum Gasteiger partial charge on any atom is 0.279 e. The molecule has 0 spiro atoms. The molecule has 2 aromatic heterocycles. The normalized spacial score (nSPS) is 15.2. The van der Waals surface area contributed by atoms with Crippen LogP contribution in [0.25, 0.3) is 0 Å². The Labute approximate surface area is 192 Å². The highest BCUT2D eigenvalue weighted by molar-refractivity contribution is 7.10. The zero-order chi connectivity index (χ0) is 22.5. The molecule has 166 valence electrons. The molecule has 1 aromatic carbocycles. The van der Waals surface area contributed by atoms with E-state index in [0.717, 1.165) is 41.7 Å². The molecule has 0 saturated heterocycles. The van der Waals surface area contributed by atoms with Gasteiger partial charge in [-0.05, 0) is 55.3 Å². The fourth-order valence-corrected chi connectivity index (χ4v) is 5.04. The highest BCUT2D eigenvalue weighted by Gasteiger charge is 2.36. The van der Waals surface area contributed by atoms with E-state index in [1.165, 1.54) is 36.3 Å². The van der Waals surface area contributed by atoms with Gasteiger partial charge in [-0.2, -0.15) is 0 Å². The molecule has 7 heteroatoms. The number of thiophene rings is 1. The molecule has 1 unspecified atom stereocenters. The molecule has 32 heavy (non-hydrogen) atoms. The third kappa shape index (κ3) is 4.88. The second-order valence-corrected chi connectivity index (χ2v) is 9.30. The van der Waals surface area contributed by atoms with E-state index >= 15 is 0 Å². The van der Waals surface area contributed by atoms with E-state index in [4.69, 9.17) is 0 Å². The van der Waals surface area contributed by atoms with Crippen LogP contribution in [0.5, 0.6) is 0 Å². The van der Waals surface area contributed by atoms with E-state index in [9.17, 15) is 9.59 Å². The van der Waals surface area contributed by atoms with E-state index in [0.29, 0.717) is 5.69 Å². The van der Waals surface area contributed by atoms with E-state index < -0.39 is 6.04 Å². The number of anilines is 1. The summed E-state index contributed by atoms with van der Waals surface area (Å²) in [7, 11) is 0. The zero-order valence-electron chi connectivity index (χ0n) is 18.5. The summed E-state index contributed by atoms with van der Waals surface area (Å²) in [4.78, 5) is 38.2. The second kappa shape index (κ2) is 10.0. The van der Waals surface area contributed by atoms with Crippen molar-refractivity contribution in [3.8, 4) is 0 Å². The van der Waals surface area contributed by atoms with Crippen molar-refractivity contribution in [2.24, 2.45) is 0 Å². The van der Waals surface area contributed by atoms with Crippen LogP contribution in [0.3, 0.4) is 0 Å². The van der Waals surface area contributed by atoms with Crippen molar-refractivity contribution in [1.82, 2.24) is 15.3 Å². The maximum absolute atomic E-state index is 13.8. The molecule has 1 atom stereocenters. The quantitative estimate of drug-likeness (QED) is 0.576. The Bertz CT molecular complexity index is 1060. The van der Waals surface area contributed by atoms with Gasteiger partial charge in [0.05, 0.1) is 6.20 Å². The maximum atomic E-state index is 13.8. The van der Waals surface area contributed by atoms with Crippen LogP contribution in [-0.2, 0) is 4.79 Å². The summed E-state index contributed by atoms with van der Waals surface area (Å²) in [6.07, 6.45) is 9.88. The lowest BCUT2D eigenvalue weighted by Crippen LogP contribution is -2.47. The number of nitrogens with one attached hydrogen (secondary N) is 1. The topological polar surface area (TPSA) is 75.2 Å². The van der Waals surface area contributed by atoms with Gasteiger partial charge in [-0.15, -0.1) is 11.3 Å². The van der Waals surface area contributed by atoms with Gasteiger partial charge in [0.25, 0.3) is 5.91 Å². The minimum atomic E-state index is -0.785. The van der Waals surface area contributed by atoms with Crippen LogP contribution in [0.2, 0.25) is 0 Å². The SMILES string of the molecule is Cc1ccc(C)c(N(C(=O)c2cnccn2)C(C(=O)NC2CCCCC2)c2cccs2)c1. The number of carbonyl (C=O) groups is 2. The number of hydrogen-bond donors (Lipinski definition) is 1. The molecule has 1 aliphatic rings. The van der Waals surface area contributed by atoms with Gasteiger partial charge < -0.3 is 5.32 Å². The molecule has 0 bridgehead atoms. The van der Waals surface area contributed by atoms with Crippen molar-refractivity contribution in [3.63, 3.8) is 0 Å². The minimum absolute atomic E-state index is 0.144. The Morgan fingerprint density at radius 3 is 2.62 bits per heavy atom. The third-order valence-electron chi connectivity index (χ3n) is 5.90. The summed E-state index contributed by atoms with van der Waals surface area (Å²) in [6.45, 7) is 3.94. The van der Waals surface area contributed by atoms with Crippen molar-refractivity contribution in [3.05, 3.63) is 76.0 Å². The van der Waals surface area contributed by atoms with Crippen LogP contribution in [0, 0.1) is 13.8 Å². The molecule has 0 aliphatic heterocycles. The first-order valence-electron chi connectivity index (χ1n) is 11.0. The van der Waals surface area contributed by atoms with Crippen LogP contribution in [0.4, 0.5) is 5.69 Å². The van der Waals surface area contributed by atoms with Crippen LogP contribution in [0.1, 0.15) is 64.6 Å². The number of benzene rings is 1. The van der Waals surface area contributed by atoms with Crippen molar-refractivity contribution in [2.45, 2.75) is 58.0 Å². The predicted molar refractivity (Wildman–Crippen MR) is 127 cm³/mol. The first-order chi connectivity index (χ1) is 15.5. The molecule has 1 fully saturated rings. The van der Waals surface area contributed by atoms with Crippen LogP contribution in [-0.4, -0.2) is 27.8 Å². The van der Waals surface area contributed by atoms with Crippen molar-refractivity contribution in [2.75, 3.05) is 4.90 Å². The largest absolute Gasteiger partial charge is 0.351 e. The number of amides is 2. The van der Waals surface area contributed by atoms with Gasteiger partial charge in [-0.3, -0.25) is 19.5 Å². The van der Waals surface area contributed by atoms with E-state index in [1.54, 1.807) is 4.90 Å². The number of carbonyl (C=O) groups excluding carboxylic acids is 2. The molecular weight excluding hydrogens is 420 g/mol. The highest BCUT2D eigenvalue weighted by atomic mass is 32.1. The second-order valence-electron chi connectivity index (χ2n) is 8.32. The molecule has 4 rings (SSSR count). The minimum Gasteiger partial charge on any atom is -0.351 e. The number of rotatable bonds is 6. The fourth-order valence-electron chi connectivity index (χ4n) is 4.23. The number of hydrogen-bond acceptors (Lipinski definition) is 5. The van der Waals surface area contributed by atoms with Crippen molar-refractivity contribution in [1.29, 1.82) is 0 Å². The summed E-state index contributed by atoms with van der Waals surface area (Å²) < 4.78 is 0. The lowest BCUT2D eigenvalue weighted by atomic mass is 9.95. The van der Waals surface area contributed by atoms with Crippen LogP contribution >= 0.6 is 11.3 Å². The standard InChI is InChI=1S/C25H28N4O2S/c1-17-10-11-18(2)21(15-17)29(25(31)20-16-26-12-13-27-20)23(22-9-6-14-32-22)24(30)28-19-7-4-3-5-8-19/h6,9-16,19,23H,3-5,7-8H2,1-2H3,(H,28,30). The number of aryl methyl sites for hydroxylation is 2. The van der Waals surface area contributed by atoms with Gasteiger partial charge in [-0.1, -0.05) is 37.5 Å². The molecule has 6 nitrogen and oxygen atoms in total. The highest BCUT2D eigenvalue weighted by Crippen LogP contribution is 2.34. The molecule has 2 amide bonds. The summed E-state index contributed by atoms with van der Waals surface area (Å²) in [5.74, 6) is -0.499. The third-order valence-corrected chi connectivity index (χ3v) is 6.82. The van der Waals surface area contributed by atoms with Gasteiger partial charge in [0.15, 0.2) is 6.04 Å². The molecule has 1 N–H and O–H groups in total. The van der Waals surface area contributed by atoms with Gasteiger partial charge >= 0.3 is 0 Å². The van der Waals surface area contributed by atoms with E-state index in [2.05, 4.69) is 15.3 Å². The monoisotopic (exact) mass is 448 g/mol. The van der Waals surface area contributed by atoms with Crippen molar-refractivity contribution >= 4 is 28.8 Å². The lowest BCUT2D eigenvalue weighted by molar-refractivity contribution is -0.123. The zero-order valence-corrected chi connectivity index (χ0v) is 19.3. The number of nitrogens with zero attached hydrogens (tertiary/aromatic N) is 3. The van der Waals surface area contributed by atoms with Gasteiger partial charge in [0.1, 0.15) is 5.69 Å². The first-order valence-corrected chi connectivity index (χ1v) is 11.9. The Morgan fingerprint density at radius 2 is 1.94 bits per heavy atom. The van der Waals surface area contributed by atoms with Gasteiger partial charge in [-0.25, -0.2) is 4.98 Å². The summed E-state index contributed by atoms with van der Waals surface area (Å²) in [5, 5.41) is 5.17. The average molecular weight is 449 g/mol. The Hall–Kier alpha value is -3.06. The molecule has 1 aliphatic carbocycles. The summed E-state index contributed by atoms with van der Waals surface area (Å²) in [6, 6.07) is 9.13. The van der Waals surface area contributed by atoms with Gasteiger partial charge in [0, 0.05) is 29.0 Å². The molecular formula is C25H28N4O2S. The number of aromatic nitrogens is 2. The molecule has 0 radical (unpaired) electrons. The van der Waals surface area contributed by atoms with E-state index in [-0.39, 0.29) is 23.6 Å². The molecule has 1 saturated carbocycles. The average Bonchev–Trinajstić information content (AvgIpc) is 3.34. The summed E-state index contributed by atoms with van der Waals surface area (Å²) in [5.41, 5.74) is 2.85. The van der Waals surface area contributed by atoms with E-state index in [1.807, 2.05) is 49.6 Å². The van der Waals surface area contributed by atoms with Crippen LogP contribution < -0.4 is 10.2 Å². The van der Waals surface area contributed by atoms with Crippen LogP contribution in [0.15, 0.2) is 54.3 Å². The smallest absolute Gasteiger partial charge is 0.279 e. The lowest BCUT2D eigenvalue weighted by Gasteiger charge is -2.33. The first kappa shape index (κ1) is 22.1. The fraction of sp³-hybridized carbons (Fsp3) is 0.360. The van der Waals surface area contributed by atoms with Crippen molar-refractivity contribution < 1.29 is 9.59 Å². The van der Waals surface area contributed by atoms with Gasteiger partial charge in [0.2, 0.25) is 5.91 Å². The Balaban J connectivity index is 1.80. The summed E-state index contributed by atoms with van der Waals surface area (Å²) >= 11 is 1.48. The molecule has 3 aromatic rings. The predicted octanol–water partition coefficient (Wildman–Crippen LogP) is 4.99.